The lowest BCUT2D eigenvalue weighted by molar-refractivity contribution is -0.580. The van der Waals surface area contributed by atoms with Crippen LogP contribution in [0.4, 0.5) is 0 Å². The van der Waals surface area contributed by atoms with Gasteiger partial charge >= 0.3 is 0 Å². The van der Waals surface area contributed by atoms with Gasteiger partial charge in [0.05, 0.1) is 0 Å². The van der Waals surface area contributed by atoms with E-state index in [0.29, 0.717) is 32.5 Å². The molecule has 0 heterocycles. The summed E-state index contributed by atoms with van der Waals surface area (Å²) in [6, 6.07) is 0. The Bertz CT molecular complexity index is 790. The van der Waals surface area contributed by atoms with Crippen molar-refractivity contribution in [1.82, 2.24) is 0 Å². The molecule has 0 rings (SSSR count). The van der Waals surface area contributed by atoms with Crippen molar-refractivity contribution in [2.45, 2.75) is 177 Å². The van der Waals surface area contributed by atoms with Crippen LogP contribution in [0.2, 0.25) is 0 Å². The Hall–Kier alpha value is -0.480. The second-order valence-electron chi connectivity index (χ2n) is 12.1. The summed E-state index contributed by atoms with van der Waals surface area (Å²) < 4.78 is 82.4. The van der Waals surface area contributed by atoms with Crippen molar-refractivity contribution >= 4 is 0 Å². The molecular weight excluding hydrogens is 672 g/mol. The lowest BCUT2D eigenvalue weighted by atomic mass is 9.80. The topological polar surface area (TPSA) is 111 Å². The quantitative estimate of drug-likeness (QED) is 0.0444. The zero-order valence-electron chi connectivity index (χ0n) is 35.7. The summed E-state index contributed by atoms with van der Waals surface area (Å²) in [5.74, 6) is -10.1. The minimum atomic E-state index is -2.21. The van der Waals surface area contributed by atoms with Crippen molar-refractivity contribution in [2.24, 2.45) is 0 Å². The van der Waals surface area contributed by atoms with Gasteiger partial charge in [-0.15, -0.1) is 0 Å². The Balaban J connectivity index is 9.04. The average molecular weight is 754 g/mol. The van der Waals surface area contributed by atoms with E-state index in [4.69, 9.17) is 56.8 Å². The average Bonchev–Trinajstić information content (AvgIpc) is 3.13. The van der Waals surface area contributed by atoms with Gasteiger partial charge in [-0.2, -0.15) is 0 Å². The number of ether oxygens (including phenoxy) is 12. The van der Waals surface area contributed by atoms with E-state index in [1.807, 2.05) is 69.2 Å². The van der Waals surface area contributed by atoms with Gasteiger partial charge in [-0.1, -0.05) is 52.9 Å². The van der Waals surface area contributed by atoms with Gasteiger partial charge in [0.2, 0.25) is 5.79 Å². The number of unbranched alkanes of at least 4 members (excludes halogenated alkanes) is 5. The van der Waals surface area contributed by atoms with Gasteiger partial charge in [-0.3, -0.25) is 0 Å². The van der Waals surface area contributed by atoms with E-state index in [1.165, 1.54) is 6.42 Å². The first kappa shape index (κ1) is 51.5. The van der Waals surface area contributed by atoms with Gasteiger partial charge in [-0.25, -0.2) is 0 Å². The monoisotopic (exact) mass is 754 g/mol. The molecule has 0 spiro atoms. The zero-order valence-corrected chi connectivity index (χ0v) is 35.7. The van der Waals surface area contributed by atoms with Crippen molar-refractivity contribution in [3.8, 4) is 0 Å². The highest BCUT2D eigenvalue weighted by atomic mass is 16.9. The first-order chi connectivity index (χ1) is 25.2. The maximum Gasteiger partial charge on any atom is 0.292 e. The summed E-state index contributed by atoms with van der Waals surface area (Å²) in [5, 5.41) is 0. The Kier molecular flexibility index (Phi) is 28.6. The predicted octanol–water partition coefficient (Wildman–Crippen LogP) is 8.93. The van der Waals surface area contributed by atoms with Crippen LogP contribution >= 0.6 is 0 Å². The van der Waals surface area contributed by atoms with Crippen molar-refractivity contribution in [3.63, 3.8) is 0 Å². The van der Waals surface area contributed by atoms with Crippen LogP contribution in [0.25, 0.3) is 0 Å². The molecule has 0 amide bonds. The van der Waals surface area contributed by atoms with E-state index in [-0.39, 0.29) is 72.4 Å². The van der Waals surface area contributed by atoms with Gasteiger partial charge in [0.25, 0.3) is 29.4 Å². The summed E-state index contributed by atoms with van der Waals surface area (Å²) >= 11 is 0. The minimum Gasteiger partial charge on any atom is -0.345 e. The highest BCUT2D eigenvalue weighted by molar-refractivity contribution is 5.18. The van der Waals surface area contributed by atoms with Crippen LogP contribution in [0.15, 0.2) is 0 Å². The van der Waals surface area contributed by atoms with Gasteiger partial charge < -0.3 is 56.8 Å². The largest absolute Gasteiger partial charge is 0.345 e. The molecule has 0 N–H and O–H groups in total. The Labute approximate surface area is 318 Å². The first-order valence-electron chi connectivity index (χ1n) is 20.7. The maximum absolute atomic E-state index is 7.08. The zero-order chi connectivity index (χ0) is 39.4. The number of rotatable bonds is 38. The minimum absolute atomic E-state index is 0.0146. The molecule has 12 heteroatoms. The molecule has 52 heavy (non-hydrogen) atoms. The van der Waals surface area contributed by atoms with Crippen LogP contribution in [0.5, 0.6) is 0 Å². The van der Waals surface area contributed by atoms with E-state index >= 15 is 0 Å². The van der Waals surface area contributed by atoms with Crippen LogP contribution in [0.1, 0.15) is 148 Å². The summed E-state index contributed by atoms with van der Waals surface area (Å²) in [4.78, 5) is 0. The molecule has 0 aliphatic heterocycles. The lowest BCUT2D eigenvalue weighted by Crippen LogP contribution is -2.87. The van der Waals surface area contributed by atoms with Gasteiger partial charge in [-0.05, 0) is 88.5 Å². The lowest BCUT2D eigenvalue weighted by Gasteiger charge is -2.63. The second-order valence-corrected chi connectivity index (χ2v) is 12.1. The molecule has 0 saturated carbocycles. The van der Waals surface area contributed by atoms with Crippen LogP contribution in [0.3, 0.4) is 0 Å². The van der Waals surface area contributed by atoms with Crippen LogP contribution in [-0.4, -0.2) is 108 Å². The fourth-order valence-corrected chi connectivity index (χ4v) is 6.80. The van der Waals surface area contributed by atoms with E-state index in [0.717, 1.165) is 32.1 Å². The number of hydrogen-bond acceptors (Lipinski definition) is 12. The van der Waals surface area contributed by atoms with Crippen molar-refractivity contribution < 1.29 is 56.8 Å². The third-order valence-electron chi connectivity index (χ3n) is 8.34. The summed E-state index contributed by atoms with van der Waals surface area (Å²) in [6.45, 7) is 27.1. The van der Waals surface area contributed by atoms with Gasteiger partial charge in [0.15, 0.2) is 0 Å². The fourth-order valence-electron chi connectivity index (χ4n) is 6.80. The SMILES string of the molecule is CCCCCCCCC(OCCC)(OCCC)C(OCC)(OCC)C(OCC)(OCC)C(OCC)(OCC)C(OCC)(OCC)[C](OCC)OCC. The number of hydrogen-bond donors (Lipinski definition) is 0. The van der Waals surface area contributed by atoms with Crippen LogP contribution in [0, 0.1) is 6.29 Å². The second kappa shape index (κ2) is 28.9. The normalized spacial score (nSPS) is 13.5. The van der Waals surface area contributed by atoms with Crippen LogP contribution in [-0.2, 0) is 56.8 Å². The predicted molar refractivity (Wildman–Crippen MR) is 204 cm³/mol. The van der Waals surface area contributed by atoms with E-state index in [9.17, 15) is 0 Å². The highest BCUT2D eigenvalue weighted by Gasteiger charge is 2.86. The summed E-state index contributed by atoms with van der Waals surface area (Å²) in [7, 11) is 0. The Morgan fingerprint density at radius 1 is 0.327 bits per heavy atom. The Morgan fingerprint density at radius 2 is 0.692 bits per heavy atom. The molecular formula is C40H81O12. The van der Waals surface area contributed by atoms with Gasteiger partial charge in [0.1, 0.15) is 0 Å². The third-order valence-corrected chi connectivity index (χ3v) is 8.34. The first-order valence-corrected chi connectivity index (χ1v) is 20.7. The molecule has 0 bridgehead atoms. The molecule has 0 saturated heterocycles. The van der Waals surface area contributed by atoms with E-state index in [1.54, 1.807) is 0 Å². The summed E-state index contributed by atoms with van der Waals surface area (Å²) in [6.07, 6.45) is 8.05. The summed E-state index contributed by atoms with van der Waals surface area (Å²) in [5.41, 5.74) is 0. The molecule has 1 radical (unpaired) electrons. The van der Waals surface area contributed by atoms with Crippen molar-refractivity contribution in [3.05, 3.63) is 6.29 Å². The Morgan fingerprint density at radius 3 is 1.06 bits per heavy atom. The molecule has 0 atom stereocenters. The molecule has 0 aromatic heterocycles. The van der Waals surface area contributed by atoms with Crippen LogP contribution < -0.4 is 0 Å². The smallest absolute Gasteiger partial charge is 0.292 e. The van der Waals surface area contributed by atoms with E-state index in [2.05, 4.69) is 20.8 Å². The highest BCUT2D eigenvalue weighted by Crippen LogP contribution is 2.59. The van der Waals surface area contributed by atoms with Crippen molar-refractivity contribution in [2.75, 3.05) is 79.3 Å². The molecule has 12 nitrogen and oxygen atoms in total. The third kappa shape index (κ3) is 12.0. The fraction of sp³-hybridized carbons (Fsp3) is 0.975. The molecule has 0 aliphatic carbocycles. The molecule has 0 aromatic rings. The molecule has 0 aromatic carbocycles. The molecule has 313 valence electrons. The maximum atomic E-state index is 7.08. The molecule has 0 aliphatic rings. The van der Waals surface area contributed by atoms with Crippen molar-refractivity contribution in [1.29, 1.82) is 0 Å². The standard InChI is InChI=1S/C40H81O12/c1-14-27-28-29-30-31-32-36(51-33-15-2,52-34-16-3)38(45-21-8,46-22-9)40(49-25-12,50-26-13)39(47-23-10,48-24-11)37(43-19-6,44-20-7)35(41-17-4)42-18-5/h14-34H2,1-13H3. The van der Waals surface area contributed by atoms with E-state index < -0.39 is 28.9 Å². The molecule has 0 unspecified atom stereocenters. The van der Waals surface area contributed by atoms with Gasteiger partial charge in [0, 0.05) is 85.7 Å². The molecule has 0 fully saturated rings.